The zero-order valence-electron chi connectivity index (χ0n) is 16.2. The Labute approximate surface area is 158 Å². The van der Waals surface area contributed by atoms with Gasteiger partial charge in [0.1, 0.15) is 5.54 Å². The molecule has 1 fully saturated rings. The fourth-order valence-corrected chi connectivity index (χ4v) is 4.24. The summed E-state index contributed by atoms with van der Waals surface area (Å²) in [5.74, 6) is 0.482. The van der Waals surface area contributed by atoms with E-state index in [0.29, 0.717) is 43.9 Å². The molecule has 0 spiro atoms. The Kier molecular flexibility index (Phi) is 4.55. The smallest absolute Gasteiger partial charge is 0.272 e. The van der Waals surface area contributed by atoms with Crippen LogP contribution in [-0.4, -0.2) is 40.2 Å². The monoisotopic (exact) mass is 374 g/mol. The first kappa shape index (κ1) is 18.2. The lowest BCUT2D eigenvalue weighted by molar-refractivity contribution is -0.00906. The summed E-state index contributed by atoms with van der Waals surface area (Å²) < 4.78 is 18.7. The number of ether oxygens (including phenoxy) is 2. The van der Waals surface area contributed by atoms with Gasteiger partial charge in [-0.25, -0.2) is 0 Å². The number of nitrogens with one attached hydrogen (secondary N) is 1. The second-order valence-electron chi connectivity index (χ2n) is 7.61. The largest absolute Gasteiger partial charge is 0.381 e. The molecule has 0 aliphatic carbocycles. The lowest BCUT2D eigenvalue weighted by Gasteiger charge is -2.35. The number of carbonyl (C=O) groups excluding carboxylic acids is 1. The zero-order chi connectivity index (χ0) is 19.2. The summed E-state index contributed by atoms with van der Waals surface area (Å²) in [7, 11) is 1.86. The van der Waals surface area contributed by atoms with Crippen LogP contribution < -0.4 is 5.32 Å². The standard InChI is InChI=1S/C19H26N4O4/c1-11-9-15(27-22-11)19(5-7-25-8-6-19)20-18(24)16-14-10-12(2)26-13(3)17(14)23(4)21-16/h9,12-13H,5-8,10H2,1-4H3,(H,20,24)/t12-,13+/m1/s1. The molecule has 27 heavy (non-hydrogen) atoms. The average Bonchev–Trinajstić information content (AvgIpc) is 3.20. The highest BCUT2D eigenvalue weighted by molar-refractivity contribution is 5.94. The van der Waals surface area contributed by atoms with E-state index in [1.54, 1.807) is 4.68 Å². The minimum absolute atomic E-state index is 0.0530. The SMILES string of the molecule is Cc1cc(C2(NC(=O)c3nn(C)c4c3C[C@@H](C)O[C@H]4C)CCOCC2)on1. The molecular weight excluding hydrogens is 348 g/mol. The fraction of sp³-hybridized carbons (Fsp3) is 0.632. The van der Waals surface area contributed by atoms with Crippen molar-refractivity contribution < 1.29 is 18.8 Å². The van der Waals surface area contributed by atoms with Crippen LogP contribution in [0.15, 0.2) is 10.6 Å². The quantitative estimate of drug-likeness (QED) is 0.885. The predicted molar refractivity (Wildman–Crippen MR) is 96.3 cm³/mol. The van der Waals surface area contributed by atoms with E-state index in [2.05, 4.69) is 15.6 Å². The Hall–Kier alpha value is -2.19. The molecule has 0 aromatic carbocycles. The van der Waals surface area contributed by atoms with E-state index in [1.807, 2.05) is 33.9 Å². The van der Waals surface area contributed by atoms with Crippen molar-refractivity contribution in [1.29, 1.82) is 0 Å². The van der Waals surface area contributed by atoms with Crippen molar-refractivity contribution in [1.82, 2.24) is 20.3 Å². The maximum Gasteiger partial charge on any atom is 0.272 e. The van der Waals surface area contributed by atoms with Crippen LogP contribution in [0.1, 0.15) is 66.0 Å². The summed E-state index contributed by atoms with van der Waals surface area (Å²) in [6.07, 6.45) is 1.92. The third-order valence-electron chi connectivity index (χ3n) is 5.52. The number of aromatic nitrogens is 3. The van der Waals surface area contributed by atoms with Crippen LogP contribution in [0.25, 0.3) is 0 Å². The fourth-order valence-electron chi connectivity index (χ4n) is 4.24. The molecule has 1 N–H and O–H groups in total. The van der Waals surface area contributed by atoms with Crippen LogP contribution in [-0.2, 0) is 28.5 Å². The van der Waals surface area contributed by atoms with Gasteiger partial charge in [0, 0.05) is 51.2 Å². The molecule has 146 valence electrons. The molecule has 8 nitrogen and oxygen atoms in total. The minimum atomic E-state index is -0.622. The molecule has 8 heteroatoms. The maximum absolute atomic E-state index is 13.3. The number of hydrogen-bond acceptors (Lipinski definition) is 6. The third kappa shape index (κ3) is 3.17. The highest BCUT2D eigenvalue weighted by Crippen LogP contribution is 2.35. The van der Waals surface area contributed by atoms with E-state index >= 15 is 0 Å². The van der Waals surface area contributed by atoms with Gasteiger partial charge in [0.2, 0.25) is 0 Å². The van der Waals surface area contributed by atoms with Crippen molar-refractivity contribution in [3.8, 4) is 0 Å². The highest BCUT2D eigenvalue weighted by Gasteiger charge is 2.41. The molecule has 0 radical (unpaired) electrons. The molecule has 0 unspecified atom stereocenters. The summed E-state index contributed by atoms with van der Waals surface area (Å²) in [4.78, 5) is 13.3. The Bertz CT molecular complexity index is 850. The number of rotatable bonds is 3. The lowest BCUT2D eigenvalue weighted by atomic mass is 9.86. The second kappa shape index (κ2) is 6.76. The van der Waals surface area contributed by atoms with Gasteiger partial charge in [0.25, 0.3) is 5.91 Å². The van der Waals surface area contributed by atoms with Gasteiger partial charge in [-0.1, -0.05) is 5.16 Å². The molecule has 0 bridgehead atoms. The molecular formula is C19H26N4O4. The molecule has 4 heterocycles. The normalized spacial score (nSPS) is 24.4. The highest BCUT2D eigenvalue weighted by atomic mass is 16.5. The molecule has 2 aromatic heterocycles. The molecule has 2 aromatic rings. The molecule has 1 saturated heterocycles. The number of aryl methyl sites for hydroxylation is 2. The van der Waals surface area contributed by atoms with Crippen molar-refractivity contribution in [2.75, 3.05) is 13.2 Å². The molecule has 2 aliphatic heterocycles. The van der Waals surface area contributed by atoms with E-state index < -0.39 is 5.54 Å². The summed E-state index contributed by atoms with van der Waals surface area (Å²) in [6.45, 7) is 7.00. The molecule has 1 amide bonds. The first-order valence-corrected chi connectivity index (χ1v) is 9.45. The van der Waals surface area contributed by atoms with Crippen molar-refractivity contribution in [3.05, 3.63) is 34.5 Å². The lowest BCUT2D eigenvalue weighted by Crippen LogP contribution is -2.49. The van der Waals surface area contributed by atoms with E-state index in [-0.39, 0.29) is 18.1 Å². The van der Waals surface area contributed by atoms with Gasteiger partial charge < -0.3 is 19.3 Å². The van der Waals surface area contributed by atoms with E-state index in [1.165, 1.54) is 0 Å². The summed E-state index contributed by atoms with van der Waals surface area (Å²) in [6, 6.07) is 1.89. The van der Waals surface area contributed by atoms with Crippen LogP contribution in [0.3, 0.4) is 0 Å². The molecule has 2 atom stereocenters. The molecule has 0 saturated carbocycles. The Morgan fingerprint density at radius 3 is 2.74 bits per heavy atom. The first-order valence-electron chi connectivity index (χ1n) is 9.45. The number of nitrogens with zero attached hydrogens (tertiary/aromatic N) is 3. The summed E-state index contributed by atoms with van der Waals surface area (Å²) >= 11 is 0. The van der Waals surface area contributed by atoms with Crippen molar-refractivity contribution in [2.45, 2.75) is 57.8 Å². The first-order chi connectivity index (χ1) is 12.9. The second-order valence-corrected chi connectivity index (χ2v) is 7.61. The van der Waals surface area contributed by atoms with Crippen LogP contribution in [0.2, 0.25) is 0 Å². The van der Waals surface area contributed by atoms with Gasteiger partial charge in [0.15, 0.2) is 11.5 Å². The van der Waals surface area contributed by atoms with Crippen LogP contribution in [0.5, 0.6) is 0 Å². The number of amides is 1. The van der Waals surface area contributed by atoms with Crippen LogP contribution in [0.4, 0.5) is 0 Å². The van der Waals surface area contributed by atoms with Gasteiger partial charge >= 0.3 is 0 Å². The van der Waals surface area contributed by atoms with Gasteiger partial charge in [-0.3, -0.25) is 9.48 Å². The van der Waals surface area contributed by atoms with Crippen molar-refractivity contribution >= 4 is 5.91 Å². The predicted octanol–water partition coefficient (Wildman–Crippen LogP) is 2.17. The van der Waals surface area contributed by atoms with Gasteiger partial charge in [0.05, 0.1) is 23.6 Å². The topological polar surface area (TPSA) is 91.4 Å². The van der Waals surface area contributed by atoms with E-state index in [0.717, 1.165) is 17.0 Å². The van der Waals surface area contributed by atoms with Crippen LogP contribution in [0, 0.1) is 6.92 Å². The Morgan fingerprint density at radius 1 is 1.33 bits per heavy atom. The van der Waals surface area contributed by atoms with Gasteiger partial charge in [-0.15, -0.1) is 0 Å². The maximum atomic E-state index is 13.3. The number of hydrogen-bond donors (Lipinski definition) is 1. The van der Waals surface area contributed by atoms with Crippen LogP contribution >= 0.6 is 0 Å². The number of carbonyl (C=O) groups is 1. The Balaban J connectivity index is 1.68. The van der Waals surface area contributed by atoms with E-state index in [9.17, 15) is 4.79 Å². The van der Waals surface area contributed by atoms with Gasteiger partial charge in [-0.05, 0) is 20.8 Å². The minimum Gasteiger partial charge on any atom is -0.381 e. The third-order valence-corrected chi connectivity index (χ3v) is 5.52. The molecule has 2 aliphatic rings. The zero-order valence-corrected chi connectivity index (χ0v) is 16.2. The molecule has 4 rings (SSSR count). The van der Waals surface area contributed by atoms with Crippen molar-refractivity contribution in [3.63, 3.8) is 0 Å². The van der Waals surface area contributed by atoms with E-state index in [4.69, 9.17) is 14.0 Å². The summed E-state index contributed by atoms with van der Waals surface area (Å²) in [5.41, 5.74) is 2.58. The average molecular weight is 374 g/mol. The number of fused-ring (bicyclic) bond motifs is 1. The Morgan fingerprint density at radius 2 is 2.07 bits per heavy atom. The summed E-state index contributed by atoms with van der Waals surface area (Å²) in [5, 5.41) is 11.7. The van der Waals surface area contributed by atoms with Crippen molar-refractivity contribution in [2.24, 2.45) is 7.05 Å². The van der Waals surface area contributed by atoms with Gasteiger partial charge in [-0.2, -0.15) is 5.10 Å².